The first-order chi connectivity index (χ1) is 14.2. The second-order valence-electron chi connectivity index (χ2n) is 8.10. The van der Waals surface area contributed by atoms with Crippen molar-refractivity contribution in [3.05, 3.63) is 71.5 Å². The summed E-state index contributed by atoms with van der Waals surface area (Å²) in [6.07, 6.45) is 4.37. The Balaban J connectivity index is 1.19. The van der Waals surface area contributed by atoms with Crippen LogP contribution in [0, 0.1) is 5.82 Å². The Morgan fingerprint density at radius 1 is 0.897 bits per heavy atom. The summed E-state index contributed by atoms with van der Waals surface area (Å²) in [5.41, 5.74) is 1.79. The fraction of sp³-hybridized carbons (Fsp3) is 0.458. The summed E-state index contributed by atoms with van der Waals surface area (Å²) >= 11 is 0. The molecule has 2 saturated heterocycles. The second-order valence-corrected chi connectivity index (χ2v) is 8.10. The molecule has 0 saturated carbocycles. The lowest BCUT2D eigenvalue weighted by Crippen LogP contribution is -2.43. The molecule has 0 unspecified atom stereocenters. The Morgan fingerprint density at radius 3 is 2.21 bits per heavy atom. The highest BCUT2D eigenvalue weighted by Crippen LogP contribution is 2.23. The van der Waals surface area contributed by atoms with E-state index in [0.717, 1.165) is 45.3 Å². The summed E-state index contributed by atoms with van der Waals surface area (Å²) in [5, 5.41) is 0. The van der Waals surface area contributed by atoms with Gasteiger partial charge in [-0.25, -0.2) is 4.39 Å². The number of benzene rings is 2. The van der Waals surface area contributed by atoms with Crippen LogP contribution in [-0.2, 0) is 11.3 Å². The molecule has 2 aromatic carbocycles. The van der Waals surface area contributed by atoms with E-state index in [-0.39, 0.29) is 17.8 Å². The zero-order valence-corrected chi connectivity index (χ0v) is 16.8. The molecule has 0 N–H and O–H groups in total. The summed E-state index contributed by atoms with van der Waals surface area (Å²) < 4.78 is 19.7. The molecule has 154 valence electrons. The van der Waals surface area contributed by atoms with E-state index in [1.807, 2.05) is 4.90 Å². The third-order valence-corrected chi connectivity index (χ3v) is 5.97. The molecule has 0 aromatic heterocycles. The van der Waals surface area contributed by atoms with Crippen molar-refractivity contribution in [1.82, 2.24) is 9.80 Å². The fourth-order valence-electron chi connectivity index (χ4n) is 4.32. The minimum atomic E-state index is -0.368. The van der Waals surface area contributed by atoms with Crippen molar-refractivity contribution in [2.45, 2.75) is 44.4 Å². The number of ether oxygens (including phenoxy) is 1. The number of halogens is 1. The number of carbonyl (C=O) groups excluding carboxylic acids is 1. The minimum Gasteiger partial charge on any atom is -0.375 e. The van der Waals surface area contributed by atoms with Crippen LogP contribution in [0.3, 0.4) is 0 Å². The number of hydrogen-bond acceptors (Lipinski definition) is 3. The molecule has 0 spiro atoms. The van der Waals surface area contributed by atoms with Crippen molar-refractivity contribution < 1.29 is 13.9 Å². The van der Waals surface area contributed by atoms with Gasteiger partial charge in [-0.2, -0.15) is 0 Å². The zero-order chi connectivity index (χ0) is 20.1. The minimum absolute atomic E-state index is 0.0860. The van der Waals surface area contributed by atoms with Crippen LogP contribution in [0.15, 0.2) is 54.6 Å². The molecule has 1 amide bonds. The van der Waals surface area contributed by atoms with Gasteiger partial charge in [0.25, 0.3) is 5.91 Å². The van der Waals surface area contributed by atoms with Gasteiger partial charge in [0, 0.05) is 38.3 Å². The lowest BCUT2D eigenvalue weighted by molar-refractivity contribution is -0.0629. The first kappa shape index (κ1) is 20.0. The molecule has 2 fully saturated rings. The predicted molar refractivity (Wildman–Crippen MR) is 111 cm³/mol. The molecule has 2 heterocycles. The molecular formula is C24H29FN2O2. The smallest absolute Gasteiger partial charge is 0.253 e. The zero-order valence-electron chi connectivity index (χ0n) is 16.8. The van der Waals surface area contributed by atoms with E-state index < -0.39 is 0 Å². The maximum absolute atomic E-state index is 13.4. The van der Waals surface area contributed by atoms with E-state index in [1.54, 1.807) is 12.1 Å². The Kier molecular flexibility index (Phi) is 6.57. The third kappa shape index (κ3) is 5.43. The SMILES string of the molecule is O=C(c1cccc(F)c1)N1CCC(OC2CCN(Cc3ccccc3)CC2)CC1. The molecule has 5 heteroatoms. The van der Waals surface area contributed by atoms with E-state index in [1.165, 1.54) is 17.7 Å². The van der Waals surface area contributed by atoms with E-state index in [9.17, 15) is 9.18 Å². The number of carbonyl (C=O) groups is 1. The van der Waals surface area contributed by atoms with Gasteiger partial charge in [0.2, 0.25) is 0 Å². The van der Waals surface area contributed by atoms with Gasteiger partial charge in [0.15, 0.2) is 0 Å². The molecule has 0 aliphatic carbocycles. The third-order valence-electron chi connectivity index (χ3n) is 5.97. The molecule has 0 bridgehead atoms. The topological polar surface area (TPSA) is 32.8 Å². The number of rotatable bonds is 5. The van der Waals surface area contributed by atoms with Gasteiger partial charge in [-0.3, -0.25) is 9.69 Å². The Hall–Kier alpha value is -2.24. The molecule has 0 radical (unpaired) electrons. The molecule has 2 aliphatic heterocycles. The summed E-state index contributed by atoms with van der Waals surface area (Å²) in [6, 6.07) is 16.5. The van der Waals surface area contributed by atoms with Crippen molar-refractivity contribution in [2.75, 3.05) is 26.2 Å². The average Bonchev–Trinajstić information content (AvgIpc) is 2.76. The molecular weight excluding hydrogens is 367 g/mol. The number of likely N-dealkylation sites (tertiary alicyclic amines) is 2. The predicted octanol–water partition coefficient (Wildman–Crippen LogP) is 4.11. The van der Waals surface area contributed by atoms with Crippen LogP contribution in [-0.4, -0.2) is 54.1 Å². The quantitative estimate of drug-likeness (QED) is 0.762. The van der Waals surface area contributed by atoms with Crippen molar-refractivity contribution in [1.29, 1.82) is 0 Å². The lowest BCUT2D eigenvalue weighted by Gasteiger charge is -2.37. The fourth-order valence-corrected chi connectivity index (χ4v) is 4.32. The molecule has 2 aliphatic rings. The Bertz CT molecular complexity index is 798. The van der Waals surface area contributed by atoms with Gasteiger partial charge in [-0.05, 0) is 49.4 Å². The van der Waals surface area contributed by atoms with Crippen molar-refractivity contribution in [2.24, 2.45) is 0 Å². The normalized spacial score (nSPS) is 19.4. The van der Waals surface area contributed by atoms with Gasteiger partial charge < -0.3 is 9.64 Å². The number of piperidine rings is 2. The van der Waals surface area contributed by atoms with Crippen LogP contribution in [0.25, 0.3) is 0 Å². The highest BCUT2D eigenvalue weighted by molar-refractivity contribution is 5.94. The molecule has 4 rings (SSSR count). The summed E-state index contributed by atoms with van der Waals surface area (Å²) in [4.78, 5) is 16.9. The summed E-state index contributed by atoms with van der Waals surface area (Å²) in [6.45, 7) is 4.49. The highest BCUT2D eigenvalue weighted by Gasteiger charge is 2.28. The number of nitrogens with zero attached hydrogens (tertiary/aromatic N) is 2. The van der Waals surface area contributed by atoms with Crippen molar-refractivity contribution >= 4 is 5.91 Å². The van der Waals surface area contributed by atoms with E-state index in [2.05, 4.69) is 35.2 Å². The first-order valence-electron chi connectivity index (χ1n) is 10.6. The van der Waals surface area contributed by atoms with Crippen molar-refractivity contribution in [3.8, 4) is 0 Å². The van der Waals surface area contributed by atoms with E-state index >= 15 is 0 Å². The van der Waals surface area contributed by atoms with Gasteiger partial charge >= 0.3 is 0 Å². The van der Waals surface area contributed by atoms with Gasteiger partial charge in [0.1, 0.15) is 5.82 Å². The summed E-state index contributed by atoms with van der Waals surface area (Å²) in [7, 11) is 0. The maximum Gasteiger partial charge on any atom is 0.253 e. The average molecular weight is 397 g/mol. The van der Waals surface area contributed by atoms with Crippen LogP contribution in [0.1, 0.15) is 41.6 Å². The Labute approximate surface area is 172 Å². The molecule has 2 aromatic rings. The summed E-state index contributed by atoms with van der Waals surface area (Å²) in [5.74, 6) is -0.454. The van der Waals surface area contributed by atoms with Crippen LogP contribution in [0.5, 0.6) is 0 Å². The molecule has 4 nitrogen and oxygen atoms in total. The first-order valence-corrected chi connectivity index (χ1v) is 10.6. The van der Waals surface area contributed by atoms with Crippen LogP contribution >= 0.6 is 0 Å². The van der Waals surface area contributed by atoms with Gasteiger partial charge in [-0.15, -0.1) is 0 Å². The highest BCUT2D eigenvalue weighted by atomic mass is 19.1. The van der Waals surface area contributed by atoms with Gasteiger partial charge in [0.05, 0.1) is 12.2 Å². The van der Waals surface area contributed by atoms with Crippen LogP contribution < -0.4 is 0 Å². The largest absolute Gasteiger partial charge is 0.375 e. The number of hydrogen-bond donors (Lipinski definition) is 0. The maximum atomic E-state index is 13.4. The van der Waals surface area contributed by atoms with Gasteiger partial charge in [-0.1, -0.05) is 36.4 Å². The van der Waals surface area contributed by atoms with E-state index in [0.29, 0.717) is 24.8 Å². The van der Waals surface area contributed by atoms with E-state index in [4.69, 9.17) is 4.74 Å². The molecule has 0 atom stereocenters. The van der Waals surface area contributed by atoms with Crippen molar-refractivity contribution in [3.63, 3.8) is 0 Å². The standard InChI is InChI=1S/C24H29FN2O2/c25-21-8-4-7-20(17-21)24(28)27-15-11-23(12-16-27)29-22-9-13-26(14-10-22)18-19-5-2-1-3-6-19/h1-8,17,22-23H,9-16,18H2. The van der Waals surface area contributed by atoms with Crippen LogP contribution in [0.2, 0.25) is 0 Å². The Morgan fingerprint density at radius 2 is 1.55 bits per heavy atom. The van der Waals surface area contributed by atoms with Crippen LogP contribution in [0.4, 0.5) is 4.39 Å². The monoisotopic (exact) mass is 396 g/mol. The number of amides is 1. The molecule has 29 heavy (non-hydrogen) atoms. The lowest BCUT2D eigenvalue weighted by atomic mass is 10.0. The second kappa shape index (κ2) is 9.51.